The van der Waals surface area contributed by atoms with E-state index in [2.05, 4.69) is 0 Å². The third-order valence-corrected chi connectivity index (χ3v) is 2.29. The summed E-state index contributed by atoms with van der Waals surface area (Å²) in [6, 6.07) is 10.4. The van der Waals surface area contributed by atoms with E-state index in [0.717, 1.165) is 5.56 Å². The summed E-state index contributed by atoms with van der Waals surface area (Å²) in [7, 11) is 0. The maximum atomic E-state index is 10.4. The fourth-order valence-corrected chi connectivity index (χ4v) is 1.38. The molecule has 0 unspecified atom stereocenters. The number of furan rings is 1. The molecule has 1 heterocycles. The first kappa shape index (κ1) is 11.4. The Morgan fingerprint density at radius 3 is 2.53 bits per heavy atom. The second kappa shape index (κ2) is 5.32. The van der Waals surface area contributed by atoms with Crippen molar-refractivity contribution < 1.29 is 19.1 Å². The first-order valence-corrected chi connectivity index (χ1v) is 5.18. The molecule has 0 aliphatic carbocycles. The molecule has 4 heteroatoms. The maximum Gasteiger partial charge on any atom is 0.185 e. The number of aliphatic hydroxyl groups is 1. The number of carbonyl (C=O) groups is 1. The Morgan fingerprint density at radius 2 is 1.94 bits per heavy atom. The lowest BCUT2D eigenvalue weighted by atomic mass is 10.2. The normalized spacial score (nSPS) is 10.2. The van der Waals surface area contributed by atoms with Gasteiger partial charge in [0.05, 0.1) is 6.61 Å². The van der Waals surface area contributed by atoms with Gasteiger partial charge in [0.15, 0.2) is 12.0 Å². The van der Waals surface area contributed by atoms with Crippen molar-refractivity contribution in [2.45, 2.75) is 13.2 Å². The number of hydrogen-bond donors (Lipinski definition) is 1. The topological polar surface area (TPSA) is 59.7 Å². The minimum Gasteiger partial charge on any atom is -0.486 e. The molecule has 1 aromatic heterocycles. The molecule has 0 saturated heterocycles. The van der Waals surface area contributed by atoms with Gasteiger partial charge in [0, 0.05) is 0 Å². The van der Waals surface area contributed by atoms with Gasteiger partial charge in [0.25, 0.3) is 0 Å². The monoisotopic (exact) mass is 232 g/mol. The molecule has 2 aromatic rings. The lowest BCUT2D eigenvalue weighted by Gasteiger charge is -2.04. The Hall–Kier alpha value is -2.07. The van der Waals surface area contributed by atoms with Crippen LogP contribution in [0.25, 0.3) is 0 Å². The summed E-state index contributed by atoms with van der Waals surface area (Å²) in [5, 5.41) is 8.88. The Labute approximate surface area is 98.4 Å². The van der Waals surface area contributed by atoms with E-state index in [1.54, 1.807) is 36.4 Å². The second-order valence-corrected chi connectivity index (χ2v) is 3.51. The van der Waals surface area contributed by atoms with Crippen LogP contribution in [0.5, 0.6) is 5.75 Å². The molecule has 0 spiro atoms. The number of aliphatic hydroxyl groups excluding tert-OH is 1. The van der Waals surface area contributed by atoms with Crippen molar-refractivity contribution in [1.82, 2.24) is 0 Å². The van der Waals surface area contributed by atoms with Gasteiger partial charge in [-0.05, 0) is 29.8 Å². The van der Waals surface area contributed by atoms with Crippen molar-refractivity contribution >= 4 is 6.29 Å². The number of ether oxygens (including phenoxy) is 1. The third kappa shape index (κ3) is 2.95. The molecule has 0 aliphatic rings. The second-order valence-electron chi connectivity index (χ2n) is 3.51. The highest BCUT2D eigenvalue weighted by molar-refractivity contribution is 5.70. The molecular weight excluding hydrogens is 220 g/mol. The highest BCUT2D eigenvalue weighted by Gasteiger charge is 2.02. The molecule has 4 nitrogen and oxygen atoms in total. The van der Waals surface area contributed by atoms with Crippen molar-refractivity contribution in [1.29, 1.82) is 0 Å². The maximum absolute atomic E-state index is 10.4. The summed E-state index contributed by atoms with van der Waals surface area (Å²) in [6.45, 7) is 0.285. The van der Waals surface area contributed by atoms with E-state index in [1.165, 1.54) is 0 Å². The standard InChI is InChI=1S/C13H12O4/c14-7-10-1-3-11(4-2-10)16-9-13-6-5-12(8-15)17-13/h1-6,8,14H,7,9H2. The first-order chi connectivity index (χ1) is 8.31. The Morgan fingerprint density at radius 1 is 1.18 bits per heavy atom. The molecule has 0 aliphatic heterocycles. The van der Waals surface area contributed by atoms with E-state index >= 15 is 0 Å². The Kier molecular flexibility index (Phi) is 3.57. The molecular formula is C13H12O4. The lowest BCUT2D eigenvalue weighted by Crippen LogP contribution is -1.94. The zero-order valence-electron chi connectivity index (χ0n) is 9.13. The average Bonchev–Trinajstić information content (AvgIpc) is 2.85. The Bertz CT molecular complexity index is 484. The van der Waals surface area contributed by atoms with Crippen LogP contribution < -0.4 is 4.74 Å². The van der Waals surface area contributed by atoms with E-state index < -0.39 is 0 Å². The van der Waals surface area contributed by atoms with Crippen LogP contribution in [0, 0.1) is 0 Å². The van der Waals surface area contributed by atoms with E-state index in [9.17, 15) is 4.79 Å². The predicted octanol–water partition coefficient (Wildman–Crippen LogP) is 2.16. The largest absolute Gasteiger partial charge is 0.486 e. The number of rotatable bonds is 5. The number of benzene rings is 1. The molecule has 0 atom stereocenters. The minimum atomic E-state index is 0.0150. The summed E-state index contributed by atoms with van der Waals surface area (Å²) in [5.41, 5.74) is 0.832. The molecule has 0 saturated carbocycles. The van der Waals surface area contributed by atoms with Crippen molar-refractivity contribution in [3.05, 3.63) is 53.5 Å². The molecule has 0 fully saturated rings. The van der Waals surface area contributed by atoms with Gasteiger partial charge < -0.3 is 14.3 Å². The molecule has 0 bridgehead atoms. The van der Waals surface area contributed by atoms with Crippen LogP contribution in [-0.2, 0) is 13.2 Å². The van der Waals surface area contributed by atoms with E-state index in [0.29, 0.717) is 23.6 Å². The van der Waals surface area contributed by atoms with E-state index in [-0.39, 0.29) is 13.2 Å². The van der Waals surface area contributed by atoms with Gasteiger partial charge in [0.2, 0.25) is 0 Å². The van der Waals surface area contributed by atoms with Crippen molar-refractivity contribution in [2.75, 3.05) is 0 Å². The van der Waals surface area contributed by atoms with Gasteiger partial charge in [-0.2, -0.15) is 0 Å². The van der Waals surface area contributed by atoms with Crippen LogP contribution in [0.1, 0.15) is 21.9 Å². The van der Waals surface area contributed by atoms with Crippen LogP contribution >= 0.6 is 0 Å². The molecule has 2 rings (SSSR count). The average molecular weight is 232 g/mol. The van der Waals surface area contributed by atoms with Crippen LogP contribution in [0.4, 0.5) is 0 Å². The van der Waals surface area contributed by atoms with Crippen LogP contribution in [0.15, 0.2) is 40.8 Å². The highest BCUT2D eigenvalue weighted by Crippen LogP contribution is 2.15. The number of carbonyl (C=O) groups excluding carboxylic acids is 1. The smallest absolute Gasteiger partial charge is 0.185 e. The fourth-order valence-electron chi connectivity index (χ4n) is 1.38. The van der Waals surface area contributed by atoms with Gasteiger partial charge in [0.1, 0.15) is 18.1 Å². The lowest BCUT2D eigenvalue weighted by molar-refractivity contribution is 0.109. The summed E-state index contributed by atoms with van der Waals surface area (Å²) >= 11 is 0. The van der Waals surface area contributed by atoms with Gasteiger partial charge in [-0.1, -0.05) is 12.1 Å². The molecule has 0 radical (unpaired) electrons. The highest BCUT2D eigenvalue weighted by atomic mass is 16.5. The molecule has 88 valence electrons. The Balaban J connectivity index is 1.94. The zero-order chi connectivity index (χ0) is 12.1. The third-order valence-electron chi connectivity index (χ3n) is 2.29. The predicted molar refractivity (Wildman–Crippen MR) is 60.8 cm³/mol. The van der Waals surface area contributed by atoms with Crippen LogP contribution in [-0.4, -0.2) is 11.4 Å². The van der Waals surface area contributed by atoms with Crippen LogP contribution in [0.2, 0.25) is 0 Å². The summed E-state index contributed by atoms with van der Waals surface area (Å²) < 4.78 is 10.6. The summed E-state index contributed by atoms with van der Waals surface area (Å²) in [5.74, 6) is 1.57. The van der Waals surface area contributed by atoms with Crippen molar-refractivity contribution in [3.8, 4) is 5.75 Å². The van der Waals surface area contributed by atoms with Gasteiger partial charge in [-0.15, -0.1) is 0 Å². The molecule has 1 aromatic carbocycles. The quantitative estimate of drug-likeness (QED) is 0.802. The zero-order valence-corrected chi connectivity index (χ0v) is 9.13. The van der Waals surface area contributed by atoms with E-state index in [4.69, 9.17) is 14.3 Å². The molecule has 17 heavy (non-hydrogen) atoms. The van der Waals surface area contributed by atoms with Gasteiger partial charge in [-0.3, -0.25) is 4.79 Å². The number of aldehydes is 1. The molecule has 0 amide bonds. The summed E-state index contributed by atoms with van der Waals surface area (Å²) in [6.07, 6.45) is 0.652. The van der Waals surface area contributed by atoms with Gasteiger partial charge >= 0.3 is 0 Å². The minimum absolute atomic E-state index is 0.0150. The van der Waals surface area contributed by atoms with Gasteiger partial charge in [-0.25, -0.2) is 0 Å². The van der Waals surface area contributed by atoms with E-state index in [1.807, 2.05) is 0 Å². The number of hydrogen-bond acceptors (Lipinski definition) is 4. The van der Waals surface area contributed by atoms with Crippen molar-refractivity contribution in [2.24, 2.45) is 0 Å². The molecule has 1 N–H and O–H groups in total. The first-order valence-electron chi connectivity index (χ1n) is 5.18. The van der Waals surface area contributed by atoms with Crippen LogP contribution in [0.3, 0.4) is 0 Å². The SMILES string of the molecule is O=Cc1ccc(COc2ccc(CO)cc2)o1. The summed E-state index contributed by atoms with van der Waals surface area (Å²) in [4.78, 5) is 10.4. The van der Waals surface area contributed by atoms with Crippen molar-refractivity contribution in [3.63, 3.8) is 0 Å². The fraction of sp³-hybridized carbons (Fsp3) is 0.154.